The van der Waals surface area contributed by atoms with Crippen molar-refractivity contribution in [3.63, 3.8) is 0 Å². The Bertz CT molecular complexity index is 716. The number of nitrogens with one attached hydrogen (secondary N) is 2. The van der Waals surface area contributed by atoms with Crippen LogP contribution in [0.1, 0.15) is 63.5 Å². The molecule has 27 heavy (non-hydrogen) atoms. The van der Waals surface area contributed by atoms with E-state index in [9.17, 15) is 4.79 Å². The predicted molar refractivity (Wildman–Crippen MR) is 111 cm³/mol. The second-order valence-electron chi connectivity index (χ2n) is 8.87. The van der Waals surface area contributed by atoms with Crippen molar-refractivity contribution >= 4 is 5.97 Å². The second kappa shape index (κ2) is 8.68. The van der Waals surface area contributed by atoms with E-state index in [1.165, 1.54) is 0 Å². The van der Waals surface area contributed by atoms with E-state index in [0.29, 0.717) is 5.56 Å². The van der Waals surface area contributed by atoms with Crippen LogP contribution in [0.2, 0.25) is 0 Å². The molecular formula is C23H32N2O2. The van der Waals surface area contributed by atoms with Crippen molar-refractivity contribution < 1.29 is 9.53 Å². The number of benzene rings is 2. The first-order valence-electron chi connectivity index (χ1n) is 9.41. The molecule has 0 unspecified atom stereocenters. The number of hydrogen-bond acceptors (Lipinski definition) is 4. The summed E-state index contributed by atoms with van der Waals surface area (Å²) in [6.07, 6.45) is -0.528. The van der Waals surface area contributed by atoms with Crippen LogP contribution in [0.15, 0.2) is 60.7 Å². The fourth-order valence-corrected chi connectivity index (χ4v) is 2.83. The average molecular weight is 369 g/mol. The standard InChI is InChI=1S/C23H32N2O2/c1-22(2,3)24-19(17-13-9-7-10-14-17)20(25-23(4,5)6)27-21(26)18-15-11-8-12-16-18/h7-16,19-20,24-25H,1-6H3/t19-,20+/m1/s1. The molecule has 2 N–H and O–H groups in total. The zero-order valence-electron chi connectivity index (χ0n) is 17.2. The van der Waals surface area contributed by atoms with Crippen molar-refractivity contribution in [3.8, 4) is 0 Å². The van der Waals surface area contributed by atoms with Gasteiger partial charge in [0.15, 0.2) is 6.23 Å². The summed E-state index contributed by atoms with van der Waals surface area (Å²) in [5.74, 6) is -0.339. The maximum Gasteiger partial charge on any atom is 0.339 e. The highest BCUT2D eigenvalue weighted by Crippen LogP contribution is 2.24. The number of esters is 1. The molecule has 0 bridgehead atoms. The van der Waals surface area contributed by atoms with Crippen molar-refractivity contribution in [1.29, 1.82) is 0 Å². The van der Waals surface area contributed by atoms with Gasteiger partial charge in [-0.2, -0.15) is 0 Å². The van der Waals surface area contributed by atoms with Gasteiger partial charge in [0.05, 0.1) is 11.6 Å². The third-order valence-corrected chi connectivity index (χ3v) is 3.87. The van der Waals surface area contributed by atoms with Gasteiger partial charge >= 0.3 is 5.97 Å². The van der Waals surface area contributed by atoms with Crippen LogP contribution in [0.5, 0.6) is 0 Å². The van der Waals surface area contributed by atoms with Crippen LogP contribution in [0.25, 0.3) is 0 Å². The Balaban J connectivity index is 2.36. The molecule has 0 aliphatic carbocycles. The van der Waals surface area contributed by atoms with Crippen molar-refractivity contribution in [2.24, 2.45) is 0 Å². The molecule has 2 rings (SSSR count). The summed E-state index contributed by atoms with van der Waals surface area (Å²) >= 11 is 0. The summed E-state index contributed by atoms with van der Waals surface area (Å²) in [6, 6.07) is 19.0. The molecule has 0 aliphatic rings. The second-order valence-corrected chi connectivity index (χ2v) is 8.87. The van der Waals surface area contributed by atoms with Gasteiger partial charge in [-0.15, -0.1) is 0 Å². The van der Waals surface area contributed by atoms with Gasteiger partial charge in [0.1, 0.15) is 0 Å². The molecule has 0 fully saturated rings. The van der Waals surface area contributed by atoms with Crippen LogP contribution in [0.4, 0.5) is 0 Å². The van der Waals surface area contributed by atoms with Crippen molar-refractivity contribution in [2.45, 2.75) is 64.9 Å². The number of carbonyl (C=O) groups is 1. The third kappa shape index (κ3) is 7.16. The predicted octanol–water partition coefficient (Wildman–Crippen LogP) is 4.69. The van der Waals surface area contributed by atoms with Gasteiger partial charge < -0.3 is 10.1 Å². The van der Waals surface area contributed by atoms with Crippen LogP contribution in [-0.4, -0.2) is 23.3 Å². The van der Waals surface area contributed by atoms with E-state index in [-0.39, 0.29) is 23.1 Å². The molecule has 0 amide bonds. The Hall–Kier alpha value is -2.17. The lowest BCUT2D eigenvalue weighted by molar-refractivity contribution is -0.00324. The molecule has 0 aliphatic heterocycles. The molecule has 2 aromatic carbocycles. The molecule has 0 saturated heterocycles. The maximum atomic E-state index is 12.8. The fourth-order valence-electron chi connectivity index (χ4n) is 2.83. The smallest absolute Gasteiger partial charge is 0.339 e. The molecule has 0 spiro atoms. The van der Waals surface area contributed by atoms with E-state index in [1.807, 2.05) is 36.4 Å². The highest BCUT2D eigenvalue weighted by Gasteiger charge is 2.32. The summed E-state index contributed by atoms with van der Waals surface area (Å²) in [6.45, 7) is 12.5. The SMILES string of the molecule is CC(C)(C)N[C@H](c1ccccc1)[C@@H](NC(C)(C)C)OC(=O)c1ccccc1. The largest absolute Gasteiger partial charge is 0.441 e. The van der Waals surface area contributed by atoms with E-state index in [1.54, 1.807) is 12.1 Å². The minimum atomic E-state index is -0.528. The van der Waals surface area contributed by atoms with Gasteiger partial charge in [-0.3, -0.25) is 5.32 Å². The Labute approximate surface area is 163 Å². The van der Waals surface area contributed by atoms with Gasteiger partial charge in [0.2, 0.25) is 0 Å². The third-order valence-electron chi connectivity index (χ3n) is 3.87. The Morgan fingerprint density at radius 1 is 0.778 bits per heavy atom. The van der Waals surface area contributed by atoms with E-state index in [0.717, 1.165) is 5.56 Å². The van der Waals surface area contributed by atoms with Gasteiger partial charge in [0, 0.05) is 11.1 Å². The van der Waals surface area contributed by atoms with Crippen molar-refractivity contribution in [2.75, 3.05) is 0 Å². The maximum absolute atomic E-state index is 12.8. The van der Waals surface area contributed by atoms with Gasteiger partial charge in [-0.25, -0.2) is 4.79 Å². The number of hydrogen-bond donors (Lipinski definition) is 2. The summed E-state index contributed by atoms with van der Waals surface area (Å²) in [5.41, 5.74) is 1.22. The molecule has 146 valence electrons. The first kappa shape index (κ1) is 21.1. The molecule has 4 nitrogen and oxygen atoms in total. The van der Waals surface area contributed by atoms with E-state index in [2.05, 4.69) is 64.3 Å². The Kier molecular flexibility index (Phi) is 6.79. The molecule has 0 aromatic heterocycles. The monoisotopic (exact) mass is 368 g/mol. The number of rotatable bonds is 6. The van der Waals surface area contributed by atoms with Gasteiger partial charge in [-0.05, 0) is 59.2 Å². The van der Waals surface area contributed by atoms with Gasteiger partial charge in [0.25, 0.3) is 0 Å². The first-order valence-corrected chi connectivity index (χ1v) is 9.41. The summed E-state index contributed by atoms with van der Waals surface area (Å²) in [4.78, 5) is 12.8. The van der Waals surface area contributed by atoms with Crippen LogP contribution < -0.4 is 10.6 Å². The van der Waals surface area contributed by atoms with E-state index >= 15 is 0 Å². The lowest BCUT2D eigenvalue weighted by Crippen LogP contribution is -2.54. The lowest BCUT2D eigenvalue weighted by Gasteiger charge is -2.37. The first-order chi connectivity index (χ1) is 12.6. The van der Waals surface area contributed by atoms with Crippen LogP contribution in [0, 0.1) is 0 Å². The summed E-state index contributed by atoms with van der Waals surface area (Å²) in [7, 11) is 0. The molecule has 0 radical (unpaired) electrons. The van der Waals surface area contributed by atoms with E-state index in [4.69, 9.17) is 4.74 Å². The summed E-state index contributed by atoms with van der Waals surface area (Å²) < 4.78 is 5.96. The minimum absolute atomic E-state index is 0.155. The highest BCUT2D eigenvalue weighted by molar-refractivity contribution is 5.89. The molecule has 0 heterocycles. The molecule has 2 aromatic rings. The lowest BCUT2D eigenvalue weighted by atomic mass is 9.98. The van der Waals surface area contributed by atoms with Crippen LogP contribution >= 0.6 is 0 Å². The minimum Gasteiger partial charge on any atom is -0.441 e. The Morgan fingerprint density at radius 3 is 1.74 bits per heavy atom. The van der Waals surface area contributed by atoms with Gasteiger partial charge in [-0.1, -0.05) is 48.5 Å². The number of ether oxygens (including phenoxy) is 1. The molecule has 4 heteroatoms. The molecular weight excluding hydrogens is 336 g/mol. The Morgan fingerprint density at radius 2 is 1.26 bits per heavy atom. The van der Waals surface area contributed by atoms with Crippen LogP contribution in [-0.2, 0) is 4.74 Å². The fraction of sp³-hybridized carbons (Fsp3) is 0.435. The quantitative estimate of drug-likeness (QED) is 0.574. The highest BCUT2D eigenvalue weighted by atomic mass is 16.6. The topological polar surface area (TPSA) is 50.4 Å². The average Bonchev–Trinajstić information content (AvgIpc) is 2.59. The molecule has 0 saturated carbocycles. The number of carbonyl (C=O) groups excluding carboxylic acids is 1. The normalized spacial score (nSPS) is 14.4. The van der Waals surface area contributed by atoms with E-state index < -0.39 is 6.23 Å². The summed E-state index contributed by atoms with van der Waals surface area (Å²) in [5, 5.41) is 7.08. The van der Waals surface area contributed by atoms with Crippen molar-refractivity contribution in [3.05, 3.63) is 71.8 Å². The zero-order valence-corrected chi connectivity index (χ0v) is 17.2. The molecule has 2 atom stereocenters. The van der Waals surface area contributed by atoms with Crippen molar-refractivity contribution in [1.82, 2.24) is 10.6 Å². The zero-order chi connectivity index (χ0) is 20.1. The van der Waals surface area contributed by atoms with Crippen LogP contribution in [0.3, 0.4) is 0 Å².